The molecule has 0 fully saturated rings. The molecule has 4 rings (SSSR count). The Balaban J connectivity index is 0.000000210. The molecule has 3 N–H and O–H groups in total. The maximum atomic E-state index is 10.3. The Morgan fingerprint density at radius 2 is 1.29 bits per heavy atom. The number of hydrogen-bond acceptors (Lipinski definition) is 4. The van der Waals surface area contributed by atoms with Crippen molar-refractivity contribution >= 4 is 23.9 Å². The molecule has 1 aliphatic rings. The molecule has 0 aromatic heterocycles. The normalized spacial score (nSPS) is 16.9. The summed E-state index contributed by atoms with van der Waals surface area (Å²) in [6, 6.07) is 30.7. The fourth-order valence-electron chi connectivity index (χ4n) is 3.52. The first-order valence-corrected chi connectivity index (χ1v) is 11.1. The van der Waals surface area contributed by atoms with E-state index in [2.05, 4.69) is 41.4 Å². The van der Waals surface area contributed by atoms with Crippen molar-refractivity contribution in [3.05, 3.63) is 108 Å². The zero-order valence-electron chi connectivity index (χ0n) is 17.8. The van der Waals surface area contributed by atoms with E-state index in [0.717, 1.165) is 16.7 Å². The molecule has 160 valence electrons. The Labute approximate surface area is 188 Å². The number of nitrogens with two attached hydrogens (primary N) is 1. The molecular formula is C26H28N2O2S. The van der Waals surface area contributed by atoms with Gasteiger partial charge < -0.3 is 10.8 Å². The minimum atomic E-state index is -0.780. The summed E-state index contributed by atoms with van der Waals surface area (Å²) in [6.45, 7) is 4.06. The van der Waals surface area contributed by atoms with E-state index in [0.29, 0.717) is 0 Å². The fourth-order valence-corrected chi connectivity index (χ4v) is 4.69. The molecule has 0 radical (unpaired) electrons. The summed E-state index contributed by atoms with van der Waals surface area (Å²) in [5, 5.41) is 8.38. The maximum absolute atomic E-state index is 10.3. The molecule has 1 atom stereocenters. The lowest BCUT2D eigenvalue weighted by Gasteiger charge is -2.31. The summed E-state index contributed by atoms with van der Waals surface area (Å²) in [4.78, 5) is 14.4. The van der Waals surface area contributed by atoms with Crippen LogP contribution in [0.1, 0.15) is 37.0 Å². The number of carboxylic acid groups (broad SMARTS) is 1. The number of nitrogens with zero attached hydrogens (tertiary/aromatic N) is 1. The SMILES string of the molecule is CC1(C)C=NC(CC(=O)O)S1.NC(c1ccccc1)(c1ccccc1)c1ccccc1. The van der Waals surface area contributed by atoms with Crippen molar-refractivity contribution < 1.29 is 9.90 Å². The summed E-state index contributed by atoms with van der Waals surface area (Å²) in [5.41, 5.74) is 9.53. The minimum Gasteiger partial charge on any atom is -0.481 e. The van der Waals surface area contributed by atoms with E-state index < -0.39 is 11.5 Å². The van der Waals surface area contributed by atoms with Crippen molar-refractivity contribution in [2.45, 2.75) is 35.9 Å². The molecule has 1 unspecified atom stereocenters. The highest BCUT2D eigenvalue weighted by Crippen LogP contribution is 2.35. The highest BCUT2D eigenvalue weighted by Gasteiger charge is 2.31. The summed E-state index contributed by atoms with van der Waals surface area (Å²) in [7, 11) is 0. The number of hydrogen-bond donors (Lipinski definition) is 2. The number of aliphatic carboxylic acids is 1. The van der Waals surface area contributed by atoms with Gasteiger partial charge in [0.25, 0.3) is 0 Å². The molecule has 1 aliphatic heterocycles. The Hall–Kier alpha value is -2.89. The number of carboxylic acids is 1. The second-order valence-corrected chi connectivity index (χ2v) is 9.79. The largest absolute Gasteiger partial charge is 0.481 e. The smallest absolute Gasteiger partial charge is 0.306 e. The Morgan fingerprint density at radius 3 is 1.58 bits per heavy atom. The molecule has 0 saturated carbocycles. The number of rotatable bonds is 5. The summed E-state index contributed by atoms with van der Waals surface area (Å²) < 4.78 is 0.0140. The molecule has 3 aromatic carbocycles. The highest BCUT2D eigenvalue weighted by molar-refractivity contribution is 8.02. The molecule has 3 aromatic rings. The molecule has 31 heavy (non-hydrogen) atoms. The third-order valence-corrected chi connectivity index (χ3v) is 6.30. The lowest BCUT2D eigenvalue weighted by molar-refractivity contribution is -0.136. The number of benzene rings is 3. The van der Waals surface area contributed by atoms with Crippen molar-refractivity contribution in [2.24, 2.45) is 10.7 Å². The van der Waals surface area contributed by atoms with Gasteiger partial charge in [-0.15, -0.1) is 11.8 Å². The molecule has 4 nitrogen and oxygen atoms in total. The molecule has 0 amide bonds. The van der Waals surface area contributed by atoms with Gasteiger partial charge in [-0.25, -0.2) is 0 Å². The van der Waals surface area contributed by atoms with E-state index in [-0.39, 0.29) is 16.5 Å². The third-order valence-electron chi connectivity index (χ3n) is 5.03. The minimum absolute atomic E-state index is 0.0140. The van der Waals surface area contributed by atoms with Gasteiger partial charge in [0.1, 0.15) is 5.37 Å². The number of carbonyl (C=O) groups is 1. The topological polar surface area (TPSA) is 75.7 Å². The van der Waals surface area contributed by atoms with Gasteiger partial charge >= 0.3 is 5.97 Å². The average Bonchev–Trinajstić information content (AvgIpc) is 3.13. The monoisotopic (exact) mass is 432 g/mol. The molecule has 0 spiro atoms. The van der Waals surface area contributed by atoms with Crippen molar-refractivity contribution in [1.29, 1.82) is 0 Å². The lowest BCUT2D eigenvalue weighted by atomic mass is 9.78. The molecule has 5 heteroatoms. The van der Waals surface area contributed by atoms with Crippen LogP contribution >= 0.6 is 11.8 Å². The quantitative estimate of drug-likeness (QED) is 0.535. The first kappa shape index (κ1) is 22.8. The number of aliphatic imine (C=N–C) groups is 1. The first-order valence-electron chi connectivity index (χ1n) is 10.2. The zero-order valence-corrected chi connectivity index (χ0v) is 18.6. The maximum Gasteiger partial charge on any atom is 0.306 e. The van der Waals surface area contributed by atoms with Crippen LogP contribution in [0.2, 0.25) is 0 Å². The van der Waals surface area contributed by atoms with E-state index in [4.69, 9.17) is 10.8 Å². The van der Waals surface area contributed by atoms with Gasteiger partial charge in [-0.3, -0.25) is 9.79 Å². The van der Waals surface area contributed by atoms with Gasteiger partial charge in [0.05, 0.1) is 12.0 Å². The van der Waals surface area contributed by atoms with Gasteiger partial charge in [-0.2, -0.15) is 0 Å². The van der Waals surface area contributed by atoms with Crippen molar-refractivity contribution in [1.82, 2.24) is 0 Å². The fraction of sp³-hybridized carbons (Fsp3) is 0.231. The second kappa shape index (κ2) is 9.94. The molecule has 0 aliphatic carbocycles. The van der Waals surface area contributed by atoms with Gasteiger partial charge in [0.2, 0.25) is 0 Å². The van der Waals surface area contributed by atoms with Crippen LogP contribution in [0.25, 0.3) is 0 Å². The van der Waals surface area contributed by atoms with Crippen LogP contribution in [-0.4, -0.2) is 27.4 Å². The van der Waals surface area contributed by atoms with Crippen LogP contribution in [-0.2, 0) is 10.3 Å². The van der Waals surface area contributed by atoms with Crippen LogP contribution in [0.4, 0.5) is 0 Å². The van der Waals surface area contributed by atoms with Gasteiger partial charge in [-0.1, -0.05) is 91.0 Å². The molecular weight excluding hydrogens is 404 g/mol. The molecule has 0 bridgehead atoms. The predicted octanol–water partition coefficient (Wildman–Crippen LogP) is 5.32. The Morgan fingerprint density at radius 1 is 0.903 bits per heavy atom. The van der Waals surface area contributed by atoms with E-state index in [9.17, 15) is 4.79 Å². The Kier molecular flexibility index (Phi) is 7.31. The van der Waals surface area contributed by atoms with Crippen LogP contribution in [0, 0.1) is 0 Å². The van der Waals surface area contributed by atoms with Crippen LogP contribution in [0.3, 0.4) is 0 Å². The van der Waals surface area contributed by atoms with E-state index in [1.165, 1.54) is 0 Å². The highest BCUT2D eigenvalue weighted by atomic mass is 32.2. The van der Waals surface area contributed by atoms with Crippen LogP contribution in [0.5, 0.6) is 0 Å². The molecule has 1 heterocycles. The van der Waals surface area contributed by atoms with Gasteiger partial charge in [-0.05, 0) is 30.5 Å². The summed E-state index contributed by atoms with van der Waals surface area (Å²) in [5.74, 6) is -0.780. The second-order valence-electron chi connectivity index (χ2n) is 7.96. The van der Waals surface area contributed by atoms with Gasteiger partial charge in [0, 0.05) is 11.0 Å². The molecule has 0 saturated heterocycles. The van der Waals surface area contributed by atoms with E-state index in [1.807, 2.05) is 74.7 Å². The van der Waals surface area contributed by atoms with Crippen molar-refractivity contribution in [3.63, 3.8) is 0 Å². The lowest BCUT2D eigenvalue weighted by Crippen LogP contribution is -2.39. The van der Waals surface area contributed by atoms with Crippen LogP contribution in [0.15, 0.2) is 96.0 Å². The van der Waals surface area contributed by atoms with Crippen molar-refractivity contribution in [3.8, 4) is 0 Å². The van der Waals surface area contributed by atoms with E-state index >= 15 is 0 Å². The third kappa shape index (κ3) is 5.84. The average molecular weight is 433 g/mol. The van der Waals surface area contributed by atoms with Gasteiger partial charge in [0.15, 0.2) is 0 Å². The number of thioether (sulfide) groups is 1. The van der Waals surface area contributed by atoms with E-state index in [1.54, 1.807) is 11.8 Å². The summed E-state index contributed by atoms with van der Waals surface area (Å²) in [6.07, 6.45) is 1.95. The zero-order chi connectivity index (χ0) is 22.3. The van der Waals surface area contributed by atoms with Crippen molar-refractivity contribution in [2.75, 3.05) is 0 Å². The predicted molar refractivity (Wildman–Crippen MR) is 130 cm³/mol. The Bertz CT molecular complexity index is 909. The first-order chi connectivity index (χ1) is 14.8. The standard InChI is InChI=1S/C19H17N.C7H11NO2S/c20-19(16-10-4-1-5-11-16,17-12-6-2-7-13-17)18-14-8-3-9-15-18;1-7(2)4-8-5(11-7)3-6(9)10/h1-15H,20H2;4-5H,3H2,1-2H3,(H,9,10). The summed E-state index contributed by atoms with van der Waals surface area (Å²) >= 11 is 1.59. The van der Waals surface area contributed by atoms with Crippen LogP contribution < -0.4 is 5.73 Å².